The minimum Gasteiger partial charge on any atom is -0.445 e. The Morgan fingerprint density at radius 2 is 0.771 bits per heavy atom. The normalized spacial score (nSPS) is 26.7. The number of amides is 2. The van der Waals surface area contributed by atoms with E-state index in [2.05, 4.69) is 9.80 Å². The molecule has 70 heavy (non-hydrogen) atoms. The highest BCUT2D eigenvalue weighted by molar-refractivity contribution is 8.76. The lowest BCUT2D eigenvalue weighted by Gasteiger charge is -2.57. The maximum atomic E-state index is 13.6. The van der Waals surface area contributed by atoms with Crippen LogP contribution < -0.4 is 11.5 Å². The molecule has 8 aliphatic rings. The van der Waals surface area contributed by atoms with Crippen molar-refractivity contribution in [2.45, 2.75) is 142 Å². The Morgan fingerprint density at radius 3 is 1.07 bits per heavy atom. The minimum absolute atomic E-state index is 0.120. The predicted octanol–water partition coefficient (Wildman–Crippen LogP) is 11.6. The molecule has 0 spiro atoms. The first-order valence-corrected chi connectivity index (χ1v) is 29.8. The smallest absolute Gasteiger partial charge is 0.410 e. The van der Waals surface area contributed by atoms with Gasteiger partial charge in [-0.3, -0.25) is 10.8 Å². The van der Waals surface area contributed by atoms with Gasteiger partial charge in [-0.05, 0) is 160 Å². The molecule has 0 saturated heterocycles. The second kappa shape index (κ2) is 25.7. The number of unbranched alkanes of at least 4 members (excludes halogenated alkanes) is 6. The van der Waals surface area contributed by atoms with Crippen LogP contribution in [0.3, 0.4) is 0 Å². The van der Waals surface area contributed by atoms with Crippen molar-refractivity contribution in [3.05, 3.63) is 71.8 Å². The number of nitrogens with one attached hydrogen (secondary N) is 2. The van der Waals surface area contributed by atoms with Crippen LogP contribution in [0.2, 0.25) is 0 Å². The zero-order valence-corrected chi connectivity index (χ0v) is 43.9. The maximum absolute atomic E-state index is 13.6. The fourth-order valence-corrected chi connectivity index (χ4v) is 16.9. The van der Waals surface area contributed by atoms with E-state index in [-0.39, 0.29) is 34.9 Å². The molecule has 8 bridgehead atoms. The summed E-state index contributed by atoms with van der Waals surface area (Å²) in [5, 5.41) is 16.5. The highest BCUT2D eigenvalue weighted by atomic mass is 33.1. The van der Waals surface area contributed by atoms with E-state index in [1.54, 1.807) is 21.6 Å². The summed E-state index contributed by atoms with van der Waals surface area (Å²) in [6, 6.07) is 20.0. The van der Waals surface area contributed by atoms with Gasteiger partial charge in [-0.15, -0.1) is 0 Å². The van der Waals surface area contributed by atoms with Gasteiger partial charge >= 0.3 is 12.2 Å². The average Bonchev–Trinajstić information content (AvgIpc) is 3.33. The number of rotatable bonds is 29. The van der Waals surface area contributed by atoms with Crippen LogP contribution in [0.1, 0.15) is 140 Å². The molecule has 0 unspecified atom stereocenters. The summed E-state index contributed by atoms with van der Waals surface area (Å²) in [4.78, 5) is 35.3. The van der Waals surface area contributed by atoms with Crippen molar-refractivity contribution in [3.63, 3.8) is 0 Å². The van der Waals surface area contributed by atoms with E-state index < -0.39 is 0 Å². The monoisotopic (exact) mass is 999 g/mol. The Labute approximate surface area is 428 Å². The van der Waals surface area contributed by atoms with Crippen molar-refractivity contribution < 1.29 is 19.1 Å². The molecule has 8 saturated carbocycles. The van der Waals surface area contributed by atoms with Crippen LogP contribution in [0.15, 0.2) is 60.7 Å². The van der Waals surface area contributed by atoms with E-state index in [9.17, 15) is 9.59 Å². The van der Waals surface area contributed by atoms with Crippen LogP contribution in [0, 0.1) is 57.2 Å². The van der Waals surface area contributed by atoms with E-state index in [0.29, 0.717) is 13.2 Å². The first-order chi connectivity index (χ1) is 34.0. The Morgan fingerprint density at radius 1 is 0.471 bits per heavy atom. The van der Waals surface area contributed by atoms with Gasteiger partial charge in [0.05, 0.1) is 0 Å². The Hall–Kier alpha value is -3.78. The lowest BCUT2D eigenvalue weighted by atomic mass is 9.49. The molecular formula is C56H86N8O4S2. The van der Waals surface area contributed by atoms with Gasteiger partial charge in [0, 0.05) is 63.9 Å². The number of nitrogens with zero attached hydrogens (tertiary/aromatic N) is 4. The van der Waals surface area contributed by atoms with Crippen LogP contribution in [0.25, 0.3) is 0 Å². The molecule has 0 heterocycles. The van der Waals surface area contributed by atoms with Gasteiger partial charge in [0.25, 0.3) is 0 Å². The van der Waals surface area contributed by atoms with Crippen molar-refractivity contribution in [2.24, 2.45) is 57.8 Å². The molecule has 0 radical (unpaired) electrons. The van der Waals surface area contributed by atoms with Crippen molar-refractivity contribution >= 4 is 45.7 Å². The zero-order chi connectivity index (χ0) is 48.8. The maximum Gasteiger partial charge on any atom is 0.410 e. The molecule has 10 rings (SSSR count). The summed E-state index contributed by atoms with van der Waals surface area (Å²) >= 11 is 0. The molecule has 2 aromatic rings. The zero-order valence-electron chi connectivity index (χ0n) is 42.3. The second-order valence-electron chi connectivity index (χ2n) is 23.0. The Kier molecular flexibility index (Phi) is 19.3. The molecule has 2 amide bonds. The second-order valence-corrected chi connectivity index (χ2v) is 25.7. The number of carbonyl (C=O) groups excluding carboxylic acids is 2. The number of ether oxygens (including phenoxy) is 2. The SMILES string of the molecule is N=C(N)N(CCCCCCN(CC12CC3CC(CC(C3)C1)C2)C(=O)OCc1ccccc1)CCSSCCN(CCCCCCN(CC12CC3CC(CC(C3)C1)C2)C(=O)OCc1ccccc1)C(=N)N. The summed E-state index contributed by atoms with van der Waals surface area (Å²) in [6.07, 6.45) is 23.6. The Balaban J connectivity index is 0.685. The minimum atomic E-state index is -0.168. The summed E-state index contributed by atoms with van der Waals surface area (Å²) in [6.45, 7) is 6.72. The van der Waals surface area contributed by atoms with Crippen molar-refractivity contribution in [1.82, 2.24) is 19.6 Å². The van der Waals surface area contributed by atoms with E-state index in [4.69, 9.17) is 31.8 Å². The van der Waals surface area contributed by atoms with E-state index >= 15 is 0 Å². The first kappa shape index (κ1) is 52.5. The van der Waals surface area contributed by atoms with Crippen LogP contribution in [0.5, 0.6) is 0 Å². The number of guanidine groups is 2. The molecule has 6 N–H and O–H groups in total. The molecule has 0 aliphatic heterocycles. The van der Waals surface area contributed by atoms with Gasteiger partial charge in [-0.1, -0.05) is 108 Å². The van der Waals surface area contributed by atoms with Gasteiger partial charge < -0.3 is 40.5 Å². The van der Waals surface area contributed by atoms with Crippen LogP contribution >= 0.6 is 21.6 Å². The van der Waals surface area contributed by atoms with Gasteiger partial charge in [0.1, 0.15) is 13.2 Å². The summed E-state index contributed by atoms with van der Waals surface area (Å²) in [5.41, 5.74) is 14.7. The van der Waals surface area contributed by atoms with Crippen LogP contribution in [-0.4, -0.2) is 108 Å². The summed E-state index contributed by atoms with van der Waals surface area (Å²) < 4.78 is 11.8. The van der Waals surface area contributed by atoms with Crippen LogP contribution in [0.4, 0.5) is 9.59 Å². The molecular weight excluding hydrogens is 913 g/mol. The highest BCUT2D eigenvalue weighted by Gasteiger charge is 2.53. The van der Waals surface area contributed by atoms with Gasteiger partial charge in [-0.2, -0.15) is 0 Å². The largest absolute Gasteiger partial charge is 0.445 e. The van der Waals surface area contributed by atoms with E-state index in [0.717, 1.165) is 162 Å². The van der Waals surface area contributed by atoms with Crippen molar-refractivity contribution in [1.29, 1.82) is 10.8 Å². The van der Waals surface area contributed by atoms with E-state index in [1.165, 1.54) is 77.0 Å². The highest BCUT2D eigenvalue weighted by Crippen LogP contribution is 2.61. The summed E-state index contributed by atoms with van der Waals surface area (Å²) in [7, 11) is 3.57. The first-order valence-electron chi connectivity index (χ1n) is 27.3. The average molecular weight is 999 g/mol. The topological polar surface area (TPSA) is 165 Å². The third-order valence-corrected chi connectivity index (χ3v) is 19.5. The molecule has 0 aromatic heterocycles. The lowest BCUT2D eigenvalue weighted by Crippen LogP contribution is -2.52. The Bertz CT molecular complexity index is 1770. The third-order valence-electron chi connectivity index (χ3n) is 17.2. The fraction of sp³-hybridized carbons (Fsp3) is 0.714. The van der Waals surface area contributed by atoms with Gasteiger partial charge in [0.2, 0.25) is 0 Å². The van der Waals surface area contributed by atoms with E-state index in [1.807, 2.05) is 70.5 Å². The molecule has 8 fully saturated rings. The molecule has 2 aromatic carbocycles. The lowest BCUT2D eigenvalue weighted by molar-refractivity contribution is -0.0678. The molecule has 8 aliphatic carbocycles. The number of hydrogen-bond donors (Lipinski definition) is 4. The third kappa shape index (κ3) is 15.4. The predicted molar refractivity (Wildman–Crippen MR) is 286 cm³/mol. The van der Waals surface area contributed by atoms with Crippen molar-refractivity contribution in [3.8, 4) is 0 Å². The molecule has 386 valence electrons. The fourth-order valence-electron chi connectivity index (χ4n) is 14.9. The van der Waals surface area contributed by atoms with Gasteiger partial charge in [0.15, 0.2) is 11.9 Å². The molecule has 0 atom stereocenters. The van der Waals surface area contributed by atoms with Gasteiger partial charge in [-0.25, -0.2) is 9.59 Å². The molecule has 12 nitrogen and oxygen atoms in total. The number of benzene rings is 2. The summed E-state index contributed by atoms with van der Waals surface area (Å²) in [5.74, 6) is 7.03. The number of hydrogen-bond acceptors (Lipinski definition) is 8. The number of nitrogens with two attached hydrogens (primary N) is 2. The molecule has 14 heteroatoms. The number of carbonyl (C=O) groups is 2. The van der Waals surface area contributed by atoms with Crippen molar-refractivity contribution in [2.75, 3.05) is 63.9 Å². The standard InChI is InChI=1S/C56H86N8O4S2/c57-51(58)61(19-11-1-3-13-21-63(53(65)67-39-43-15-7-5-8-16-43)41-55-33-45-27-46(34-55)29-47(28-45)35-55)23-25-69-70-26-24-62(52(59)60)20-12-2-4-14-22-64(54(66)68-40-44-17-9-6-10-18-44)42-56-36-48-30-49(37-56)32-50(31-48)38-56/h5-10,15-18,45-50H,1-4,11-14,19-42H2,(H3,57,58)(H3,59,60). The quantitative estimate of drug-likeness (QED) is 0.0267. The van der Waals surface area contributed by atoms with Crippen LogP contribution in [-0.2, 0) is 22.7 Å².